The fourth-order valence-corrected chi connectivity index (χ4v) is 5.85. The number of nitrogens with one attached hydrogen (secondary N) is 2. The van der Waals surface area contributed by atoms with Crippen LogP contribution in [0.15, 0.2) is 78.0 Å². The normalized spacial score (nSPS) is 15.1. The topological polar surface area (TPSA) is 96.7 Å². The van der Waals surface area contributed by atoms with Crippen molar-refractivity contribution in [1.82, 2.24) is 25.6 Å². The SMILES string of the molecule is COc1ccc(CC(C)C)c(N2C(=O)CS/C2=N\C(=S)NNC(C)c2ccc(-c3ncn(-c4ccc(C(F)(F)F)cc4)n3)cc2)c1. The standard InChI is InChI=1S/C32H32F3N7O2S2/c1-19(2)15-23-9-14-26(44-4)16-27(23)42-28(43)17-46-31(42)37-30(45)39-38-20(3)21-5-7-22(8-6-21)29-36-18-41(40-29)25-12-10-24(11-13-25)32(33,34)35/h5-14,16,18-20,38H,15,17H2,1-4H3,(H,39,45)/b37-31-. The van der Waals surface area contributed by atoms with Crippen molar-refractivity contribution in [2.45, 2.75) is 39.4 Å². The lowest BCUT2D eigenvalue weighted by Crippen LogP contribution is -2.38. The highest BCUT2D eigenvalue weighted by Gasteiger charge is 2.32. The number of aromatic nitrogens is 3. The molecule has 1 amide bonds. The smallest absolute Gasteiger partial charge is 0.416 e. The minimum atomic E-state index is -4.40. The van der Waals surface area contributed by atoms with Crippen molar-refractivity contribution in [1.29, 1.82) is 0 Å². The fraction of sp³-hybridized carbons (Fsp3) is 0.281. The largest absolute Gasteiger partial charge is 0.497 e. The molecule has 3 aromatic carbocycles. The molecule has 2 N–H and O–H groups in total. The Morgan fingerprint density at radius 2 is 1.80 bits per heavy atom. The third kappa shape index (κ3) is 7.74. The zero-order chi connectivity index (χ0) is 33.0. The van der Waals surface area contributed by atoms with E-state index in [9.17, 15) is 18.0 Å². The van der Waals surface area contributed by atoms with Gasteiger partial charge in [-0.3, -0.25) is 15.1 Å². The maximum Gasteiger partial charge on any atom is 0.416 e. The highest BCUT2D eigenvalue weighted by Crippen LogP contribution is 2.34. The molecule has 5 rings (SSSR count). The minimum Gasteiger partial charge on any atom is -0.497 e. The molecule has 1 aliphatic heterocycles. The lowest BCUT2D eigenvalue weighted by atomic mass is 10.0. The van der Waals surface area contributed by atoms with Crippen molar-refractivity contribution in [2.75, 3.05) is 17.8 Å². The molecule has 0 saturated carbocycles. The summed E-state index contributed by atoms with van der Waals surface area (Å²) in [5.74, 6) is 1.65. The molecule has 0 radical (unpaired) electrons. The number of carbonyl (C=O) groups is 1. The minimum absolute atomic E-state index is 0.0788. The van der Waals surface area contributed by atoms with Crippen molar-refractivity contribution in [2.24, 2.45) is 10.9 Å². The Hall–Kier alpha value is -4.27. The number of thioether (sulfide) groups is 1. The highest BCUT2D eigenvalue weighted by atomic mass is 32.2. The number of ether oxygens (including phenoxy) is 1. The van der Waals surface area contributed by atoms with Crippen LogP contribution >= 0.6 is 24.0 Å². The van der Waals surface area contributed by atoms with Crippen molar-refractivity contribution in [3.63, 3.8) is 0 Å². The van der Waals surface area contributed by atoms with Gasteiger partial charge in [-0.15, -0.1) is 5.10 Å². The number of hydrogen-bond donors (Lipinski definition) is 2. The van der Waals surface area contributed by atoms with Crippen LogP contribution in [0.4, 0.5) is 18.9 Å². The summed E-state index contributed by atoms with van der Waals surface area (Å²) in [6.45, 7) is 6.20. The van der Waals surface area contributed by atoms with Gasteiger partial charge in [-0.25, -0.2) is 15.1 Å². The van der Waals surface area contributed by atoms with E-state index in [2.05, 4.69) is 39.8 Å². The second kappa shape index (κ2) is 14.0. The highest BCUT2D eigenvalue weighted by molar-refractivity contribution is 8.15. The van der Waals surface area contributed by atoms with Crippen LogP contribution in [0, 0.1) is 5.92 Å². The number of amides is 1. The number of amidine groups is 1. The summed E-state index contributed by atoms with van der Waals surface area (Å²) < 4.78 is 45.5. The van der Waals surface area contributed by atoms with E-state index < -0.39 is 11.7 Å². The van der Waals surface area contributed by atoms with E-state index in [1.165, 1.54) is 34.9 Å². The molecule has 1 saturated heterocycles. The number of thiocarbonyl (C=S) groups is 1. The van der Waals surface area contributed by atoms with E-state index >= 15 is 0 Å². The number of aliphatic imine (C=N–C) groups is 1. The first kappa shape index (κ1) is 33.1. The van der Waals surface area contributed by atoms with Crippen molar-refractivity contribution in [3.8, 4) is 22.8 Å². The fourth-order valence-electron chi connectivity index (χ4n) is 4.78. The van der Waals surface area contributed by atoms with Gasteiger partial charge in [-0.1, -0.05) is 55.9 Å². The van der Waals surface area contributed by atoms with Crippen LogP contribution < -0.4 is 20.5 Å². The Labute approximate surface area is 274 Å². The average Bonchev–Trinajstić information content (AvgIpc) is 3.67. The van der Waals surface area contributed by atoms with Crippen LogP contribution in [-0.4, -0.2) is 43.8 Å². The molecule has 9 nitrogen and oxygen atoms in total. The Bertz CT molecular complexity index is 1740. The molecule has 0 spiro atoms. The lowest BCUT2D eigenvalue weighted by Gasteiger charge is -2.22. The first-order valence-corrected chi connectivity index (χ1v) is 15.8. The summed E-state index contributed by atoms with van der Waals surface area (Å²) in [6.07, 6.45) is -2.16. The maximum absolute atomic E-state index is 13.0. The second-order valence-electron chi connectivity index (χ2n) is 11.0. The number of rotatable bonds is 9. The van der Waals surface area contributed by atoms with Gasteiger partial charge >= 0.3 is 6.18 Å². The zero-order valence-electron chi connectivity index (χ0n) is 25.5. The van der Waals surface area contributed by atoms with E-state index in [1.54, 1.807) is 12.0 Å². The Kier molecular flexibility index (Phi) is 10.1. The van der Waals surface area contributed by atoms with E-state index in [4.69, 9.17) is 17.0 Å². The summed E-state index contributed by atoms with van der Waals surface area (Å²) >= 11 is 6.82. The van der Waals surface area contributed by atoms with E-state index in [0.717, 1.165) is 40.9 Å². The number of methoxy groups -OCH3 is 1. The summed E-state index contributed by atoms with van der Waals surface area (Å²) in [7, 11) is 1.59. The van der Waals surface area contributed by atoms with Crippen LogP contribution in [0.5, 0.6) is 5.75 Å². The number of carbonyl (C=O) groups excluding carboxylic acids is 1. The molecule has 0 aliphatic carbocycles. The molecule has 1 fully saturated rings. The summed E-state index contributed by atoms with van der Waals surface area (Å²) in [5.41, 5.74) is 9.30. The van der Waals surface area contributed by atoms with Gasteiger partial charge in [0.1, 0.15) is 12.1 Å². The lowest BCUT2D eigenvalue weighted by molar-refractivity contribution is -0.137. The molecule has 1 unspecified atom stereocenters. The van der Waals surface area contributed by atoms with E-state index in [1.807, 2.05) is 49.4 Å². The first-order valence-electron chi connectivity index (χ1n) is 14.4. The Morgan fingerprint density at radius 3 is 2.46 bits per heavy atom. The van der Waals surface area contributed by atoms with Gasteiger partial charge < -0.3 is 4.74 Å². The van der Waals surface area contributed by atoms with Crippen LogP contribution in [0.1, 0.15) is 43.5 Å². The molecule has 2 heterocycles. The zero-order valence-corrected chi connectivity index (χ0v) is 27.1. The van der Waals surface area contributed by atoms with Gasteiger partial charge in [0.15, 0.2) is 11.0 Å². The van der Waals surface area contributed by atoms with Crippen LogP contribution in [0.25, 0.3) is 17.1 Å². The summed E-state index contributed by atoms with van der Waals surface area (Å²) in [5, 5.41) is 5.08. The Morgan fingerprint density at radius 1 is 1.09 bits per heavy atom. The number of hydrogen-bond acceptors (Lipinski definition) is 7. The monoisotopic (exact) mass is 667 g/mol. The Balaban J connectivity index is 1.22. The third-order valence-electron chi connectivity index (χ3n) is 7.14. The molecular formula is C32H32F3N7O2S2. The van der Waals surface area contributed by atoms with Crippen molar-refractivity contribution in [3.05, 3.63) is 89.7 Å². The van der Waals surface area contributed by atoms with E-state index in [0.29, 0.717) is 28.3 Å². The van der Waals surface area contributed by atoms with Gasteiger partial charge in [0.2, 0.25) is 11.0 Å². The molecule has 240 valence electrons. The summed E-state index contributed by atoms with van der Waals surface area (Å²) in [4.78, 5) is 23.4. The van der Waals surface area contributed by atoms with Crippen molar-refractivity contribution < 1.29 is 22.7 Å². The number of nitrogens with zero attached hydrogens (tertiary/aromatic N) is 5. The second-order valence-corrected chi connectivity index (χ2v) is 12.3. The quantitative estimate of drug-likeness (QED) is 0.150. The molecular weight excluding hydrogens is 636 g/mol. The average molecular weight is 668 g/mol. The van der Waals surface area contributed by atoms with Crippen molar-refractivity contribution >= 4 is 45.9 Å². The predicted molar refractivity (Wildman–Crippen MR) is 178 cm³/mol. The number of anilines is 1. The molecule has 14 heteroatoms. The van der Waals surface area contributed by atoms with Gasteiger partial charge in [-0.05, 0) is 72.9 Å². The number of halogens is 3. The summed E-state index contributed by atoms with van der Waals surface area (Å²) in [6, 6.07) is 17.8. The van der Waals surface area contributed by atoms with Crippen LogP contribution in [-0.2, 0) is 17.4 Å². The number of benzene rings is 3. The number of hydrazine groups is 1. The number of alkyl halides is 3. The maximum atomic E-state index is 13.0. The molecule has 0 bridgehead atoms. The molecule has 1 aliphatic rings. The molecule has 4 aromatic rings. The van der Waals surface area contributed by atoms with Gasteiger partial charge in [0.05, 0.1) is 29.8 Å². The molecule has 46 heavy (non-hydrogen) atoms. The molecule has 1 aromatic heterocycles. The van der Waals surface area contributed by atoms with Gasteiger partial charge in [0.25, 0.3) is 0 Å². The van der Waals surface area contributed by atoms with Crippen LogP contribution in [0.3, 0.4) is 0 Å². The predicted octanol–water partition coefficient (Wildman–Crippen LogP) is 6.74. The van der Waals surface area contributed by atoms with Gasteiger partial charge in [-0.2, -0.15) is 18.2 Å². The first-order chi connectivity index (χ1) is 21.9. The third-order valence-corrected chi connectivity index (χ3v) is 8.26. The van der Waals surface area contributed by atoms with E-state index in [-0.39, 0.29) is 22.8 Å². The molecule has 1 atom stereocenters. The van der Waals surface area contributed by atoms with Gasteiger partial charge in [0, 0.05) is 17.7 Å². The van der Waals surface area contributed by atoms with Crippen LogP contribution in [0.2, 0.25) is 0 Å².